The van der Waals surface area contributed by atoms with Crippen LogP contribution in [0.2, 0.25) is 5.02 Å². The zero-order chi connectivity index (χ0) is 17.9. The van der Waals surface area contributed by atoms with Crippen molar-refractivity contribution in [1.82, 2.24) is 9.21 Å². The Morgan fingerprint density at radius 2 is 1.52 bits per heavy atom. The molecule has 7 heteroatoms. The van der Waals surface area contributed by atoms with Crippen LogP contribution in [0.3, 0.4) is 0 Å². The van der Waals surface area contributed by atoms with E-state index in [1.165, 1.54) is 4.31 Å². The summed E-state index contributed by atoms with van der Waals surface area (Å²) in [5.41, 5.74) is 0.615. The van der Waals surface area contributed by atoms with Crippen molar-refractivity contribution >= 4 is 27.4 Å². The lowest BCUT2D eigenvalue weighted by atomic mass is 10.1. The summed E-state index contributed by atoms with van der Waals surface area (Å²) in [6, 6.07) is 15.2. The molecule has 2 aromatic rings. The van der Waals surface area contributed by atoms with Gasteiger partial charge in [0.05, 0.1) is 11.4 Å². The maximum atomic E-state index is 12.6. The first-order valence-corrected chi connectivity index (χ1v) is 9.85. The Morgan fingerprint density at radius 1 is 0.920 bits per heavy atom. The number of benzene rings is 2. The second-order valence-corrected chi connectivity index (χ2v) is 8.30. The molecular formula is C18H19ClN2O3S. The van der Waals surface area contributed by atoms with Crippen LogP contribution in [-0.2, 0) is 10.0 Å². The van der Waals surface area contributed by atoms with Gasteiger partial charge in [-0.3, -0.25) is 9.69 Å². The van der Waals surface area contributed by atoms with Crippen molar-refractivity contribution in [3.63, 3.8) is 0 Å². The Kier molecular flexibility index (Phi) is 5.54. The topological polar surface area (TPSA) is 57.7 Å². The fraction of sp³-hybridized carbons (Fsp3) is 0.278. The Labute approximate surface area is 152 Å². The average molecular weight is 379 g/mol. The van der Waals surface area contributed by atoms with Gasteiger partial charge in [0, 0.05) is 36.8 Å². The first-order chi connectivity index (χ1) is 12.0. The quantitative estimate of drug-likeness (QED) is 0.750. The molecule has 0 bridgehead atoms. The lowest BCUT2D eigenvalue weighted by molar-refractivity contribution is 0.0901. The van der Waals surface area contributed by atoms with E-state index in [2.05, 4.69) is 0 Å². The molecular weight excluding hydrogens is 360 g/mol. The van der Waals surface area contributed by atoms with Gasteiger partial charge in [0.25, 0.3) is 0 Å². The number of hydrogen-bond donors (Lipinski definition) is 0. The molecule has 0 radical (unpaired) electrons. The van der Waals surface area contributed by atoms with Crippen molar-refractivity contribution < 1.29 is 13.2 Å². The molecule has 0 spiro atoms. The van der Waals surface area contributed by atoms with Crippen LogP contribution in [0.15, 0.2) is 59.5 Å². The fourth-order valence-electron chi connectivity index (χ4n) is 2.80. The molecule has 3 rings (SSSR count). The van der Waals surface area contributed by atoms with Gasteiger partial charge in [-0.05, 0) is 36.4 Å². The molecule has 0 atom stereocenters. The molecule has 132 valence electrons. The Bertz CT molecular complexity index is 830. The number of carbonyl (C=O) groups excluding carboxylic acids is 1. The third kappa shape index (κ3) is 4.27. The second-order valence-electron chi connectivity index (χ2n) is 5.92. The van der Waals surface area contributed by atoms with E-state index in [0.29, 0.717) is 41.7 Å². The van der Waals surface area contributed by atoms with Crippen LogP contribution in [0.5, 0.6) is 0 Å². The van der Waals surface area contributed by atoms with Crippen LogP contribution in [0.4, 0.5) is 0 Å². The van der Waals surface area contributed by atoms with Crippen molar-refractivity contribution in [3.05, 3.63) is 65.2 Å². The highest BCUT2D eigenvalue weighted by molar-refractivity contribution is 7.89. The molecule has 1 fully saturated rings. The minimum absolute atomic E-state index is 0.0102. The Morgan fingerprint density at radius 3 is 2.12 bits per heavy atom. The Balaban J connectivity index is 1.59. The Hall–Kier alpha value is -1.73. The average Bonchev–Trinajstić information content (AvgIpc) is 2.63. The van der Waals surface area contributed by atoms with Crippen molar-refractivity contribution in [3.8, 4) is 0 Å². The van der Waals surface area contributed by atoms with Crippen LogP contribution < -0.4 is 0 Å². The molecule has 25 heavy (non-hydrogen) atoms. The van der Waals surface area contributed by atoms with E-state index in [1.54, 1.807) is 54.6 Å². The SMILES string of the molecule is O=C(CN1CCN(S(=O)(=O)c2ccccc2)CC1)c1ccc(Cl)cc1. The van der Waals surface area contributed by atoms with Crippen LogP contribution in [0, 0.1) is 0 Å². The largest absolute Gasteiger partial charge is 0.293 e. The summed E-state index contributed by atoms with van der Waals surface area (Å²) in [4.78, 5) is 14.6. The van der Waals surface area contributed by atoms with Gasteiger partial charge in [-0.2, -0.15) is 4.31 Å². The molecule has 1 aliphatic heterocycles. The zero-order valence-electron chi connectivity index (χ0n) is 13.6. The van der Waals surface area contributed by atoms with Gasteiger partial charge in [-0.1, -0.05) is 29.8 Å². The van der Waals surface area contributed by atoms with E-state index >= 15 is 0 Å². The van der Waals surface area contributed by atoms with E-state index in [9.17, 15) is 13.2 Å². The van der Waals surface area contributed by atoms with Crippen molar-refractivity contribution in [1.29, 1.82) is 0 Å². The van der Waals surface area contributed by atoms with Crippen LogP contribution in [-0.4, -0.2) is 56.1 Å². The van der Waals surface area contributed by atoms with E-state index in [0.717, 1.165) is 0 Å². The maximum absolute atomic E-state index is 12.6. The molecule has 1 heterocycles. The van der Waals surface area contributed by atoms with Gasteiger partial charge in [0.2, 0.25) is 10.0 Å². The van der Waals surface area contributed by atoms with E-state index in [4.69, 9.17) is 11.6 Å². The molecule has 0 aromatic heterocycles. The minimum Gasteiger partial charge on any atom is -0.293 e. The van der Waals surface area contributed by atoms with Gasteiger partial charge in [-0.15, -0.1) is 0 Å². The number of rotatable bonds is 5. The molecule has 0 unspecified atom stereocenters. The summed E-state index contributed by atoms with van der Waals surface area (Å²) < 4.78 is 26.7. The summed E-state index contributed by atoms with van der Waals surface area (Å²) in [6.07, 6.45) is 0. The summed E-state index contributed by atoms with van der Waals surface area (Å²) in [5.74, 6) is 0.0102. The van der Waals surface area contributed by atoms with Crippen LogP contribution >= 0.6 is 11.6 Å². The highest BCUT2D eigenvalue weighted by Crippen LogP contribution is 2.17. The summed E-state index contributed by atoms with van der Waals surface area (Å²) >= 11 is 5.83. The van der Waals surface area contributed by atoms with E-state index in [-0.39, 0.29) is 12.3 Å². The van der Waals surface area contributed by atoms with Gasteiger partial charge in [0.15, 0.2) is 5.78 Å². The highest BCUT2D eigenvalue weighted by atomic mass is 35.5. The first-order valence-electron chi connectivity index (χ1n) is 8.03. The molecule has 0 N–H and O–H groups in total. The third-order valence-corrected chi connectivity index (χ3v) is 6.41. The third-order valence-electron chi connectivity index (χ3n) is 4.25. The summed E-state index contributed by atoms with van der Waals surface area (Å²) in [7, 11) is -3.46. The zero-order valence-corrected chi connectivity index (χ0v) is 15.2. The number of piperazine rings is 1. The van der Waals surface area contributed by atoms with Crippen LogP contribution in [0.25, 0.3) is 0 Å². The second kappa shape index (κ2) is 7.66. The van der Waals surface area contributed by atoms with Crippen molar-refractivity contribution in [2.24, 2.45) is 0 Å². The smallest absolute Gasteiger partial charge is 0.243 e. The molecule has 2 aromatic carbocycles. The lowest BCUT2D eigenvalue weighted by Gasteiger charge is -2.33. The summed E-state index contributed by atoms with van der Waals surface area (Å²) in [5, 5.41) is 0.594. The minimum atomic E-state index is -3.46. The monoisotopic (exact) mass is 378 g/mol. The molecule has 0 aliphatic carbocycles. The van der Waals surface area contributed by atoms with Gasteiger partial charge >= 0.3 is 0 Å². The van der Waals surface area contributed by atoms with Gasteiger partial charge < -0.3 is 0 Å². The normalized spacial score (nSPS) is 16.7. The fourth-order valence-corrected chi connectivity index (χ4v) is 4.37. The number of Topliss-reactive ketones (excluding diaryl/α,β-unsaturated/α-hetero) is 1. The van der Waals surface area contributed by atoms with Crippen molar-refractivity contribution in [2.45, 2.75) is 4.90 Å². The highest BCUT2D eigenvalue weighted by Gasteiger charge is 2.28. The molecule has 0 amide bonds. The first kappa shape index (κ1) is 18.1. The number of halogens is 1. The summed E-state index contributed by atoms with van der Waals surface area (Å²) in [6.45, 7) is 2.11. The molecule has 0 saturated carbocycles. The number of ketones is 1. The lowest BCUT2D eigenvalue weighted by Crippen LogP contribution is -2.49. The van der Waals surface area contributed by atoms with E-state index in [1.807, 2.05) is 4.90 Å². The predicted molar refractivity (Wildman–Crippen MR) is 97.4 cm³/mol. The number of hydrogen-bond acceptors (Lipinski definition) is 4. The maximum Gasteiger partial charge on any atom is 0.243 e. The van der Waals surface area contributed by atoms with E-state index < -0.39 is 10.0 Å². The molecule has 5 nitrogen and oxygen atoms in total. The van der Waals surface area contributed by atoms with Gasteiger partial charge in [0.1, 0.15) is 0 Å². The number of carbonyl (C=O) groups is 1. The molecule has 1 saturated heterocycles. The van der Waals surface area contributed by atoms with Crippen LogP contribution in [0.1, 0.15) is 10.4 Å². The molecule has 1 aliphatic rings. The predicted octanol–water partition coefficient (Wildman–Crippen LogP) is 2.53. The number of nitrogens with zero attached hydrogens (tertiary/aromatic N) is 2. The van der Waals surface area contributed by atoms with Gasteiger partial charge in [-0.25, -0.2) is 8.42 Å². The van der Waals surface area contributed by atoms with Crippen molar-refractivity contribution in [2.75, 3.05) is 32.7 Å². The standard InChI is InChI=1S/C18H19ClN2O3S/c19-16-8-6-15(7-9-16)18(22)14-20-10-12-21(13-11-20)25(23,24)17-4-2-1-3-5-17/h1-9H,10-14H2. The number of sulfonamides is 1.